The normalized spacial score (nSPS) is 25.3. The Hall–Kier alpha value is -0.900. The topological polar surface area (TPSA) is 29.9 Å². The quantitative estimate of drug-likeness (QED) is 0.854. The van der Waals surface area contributed by atoms with E-state index in [1.54, 1.807) is 23.9 Å². The summed E-state index contributed by atoms with van der Waals surface area (Å²) in [4.78, 5) is 4.11. The van der Waals surface area contributed by atoms with E-state index in [1.165, 1.54) is 12.8 Å². The van der Waals surface area contributed by atoms with Gasteiger partial charge in [0.25, 0.3) is 0 Å². The van der Waals surface area contributed by atoms with Gasteiger partial charge in [-0.05, 0) is 26.3 Å². The van der Waals surface area contributed by atoms with E-state index in [1.807, 2.05) is 7.05 Å². The third kappa shape index (κ3) is 2.43. The number of hydrogen-bond donors (Lipinski definition) is 1. The van der Waals surface area contributed by atoms with Crippen LogP contribution in [0.3, 0.4) is 0 Å². The monoisotopic (exact) mass is 225 g/mol. The molecule has 1 fully saturated rings. The Morgan fingerprint density at radius 3 is 3.00 bits per heavy atom. The van der Waals surface area contributed by atoms with E-state index in [0.29, 0.717) is 18.3 Å². The summed E-state index contributed by atoms with van der Waals surface area (Å²) in [5.74, 6) is 0.528. The van der Waals surface area contributed by atoms with E-state index in [0.717, 1.165) is 13.0 Å². The van der Waals surface area contributed by atoms with Crippen molar-refractivity contribution in [1.29, 1.82) is 0 Å². The van der Waals surface area contributed by atoms with Crippen LogP contribution in [0.25, 0.3) is 0 Å². The second-order valence-corrected chi connectivity index (χ2v) is 4.91. The van der Waals surface area contributed by atoms with E-state index in [2.05, 4.69) is 10.3 Å². The minimum Gasteiger partial charge on any atom is -0.335 e. The zero-order valence-electron chi connectivity index (χ0n) is 10.0. The zero-order chi connectivity index (χ0) is 11.6. The Balaban J connectivity index is 2.04. The molecule has 4 heteroatoms. The zero-order valence-corrected chi connectivity index (χ0v) is 10.0. The van der Waals surface area contributed by atoms with Crippen LogP contribution in [0.2, 0.25) is 0 Å². The highest BCUT2D eigenvalue weighted by Gasteiger charge is 2.33. The molecule has 3 nitrogen and oxygen atoms in total. The molecule has 2 atom stereocenters. The van der Waals surface area contributed by atoms with Crippen LogP contribution < -0.4 is 5.32 Å². The lowest BCUT2D eigenvalue weighted by Gasteiger charge is -2.29. The first-order valence-corrected chi connectivity index (χ1v) is 6.00. The highest BCUT2D eigenvalue weighted by molar-refractivity contribution is 5.04. The van der Waals surface area contributed by atoms with Crippen molar-refractivity contribution in [3.05, 3.63) is 18.2 Å². The minimum absolute atomic E-state index is 0.292. The first-order chi connectivity index (χ1) is 7.59. The number of nitrogens with one attached hydrogen (secondary N) is 1. The highest BCUT2D eigenvalue weighted by Crippen LogP contribution is 2.30. The summed E-state index contributed by atoms with van der Waals surface area (Å²) >= 11 is 0. The second-order valence-electron chi connectivity index (χ2n) is 4.91. The van der Waals surface area contributed by atoms with Crippen LogP contribution in [0.1, 0.15) is 38.4 Å². The summed E-state index contributed by atoms with van der Waals surface area (Å²) in [6.07, 6.45) is 7.45. The number of rotatable bonds is 3. The van der Waals surface area contributed by atoms with Gasteiger partial charge in [0, 0.05) is 31.9 Å². The molecule has 0 bridgehead atoms. The maximum absolute atomic E-state index is 14.6. The number of imidazole rings is 1. The fourth-order valence-corrected chi connectivity index (χ4v) is 2.52. The van der Waals surface area contributed by atoms with Gasteiger partial charge in [0.1, 0.15) is 5.82 Å². The van der Waals surface area contributed by atoms with Gasteiger partial charge in [0.05, 0.1) is 0 Å². The van der Waals surface area contributed by atoms with Gasteiger partial charge in [0.2, 0.25) is 0 Å². The lowest BCUT2D eigenvalue weighted by Crippen LogP contribution is -2.39. The Kier molecular flexibility index (Phi) is 3.28. The van der Waals surface area contributed by atoms with Crippen molar-refractivity contribution in [3.8, 4) is 0 Å². The van der Waals surface area contributed by atoms with Gasteiger partial charge >= 0.3 is 0 Å². The van der Waals surface area contributed by atoms with Gasteiger partial charge in [-0.2, -0.15) is 0 Å². The molecule has 0 amide bonds. The maximum atomic E-state index is 14.6. The van der Waals surface area contributed by atoms with Crippen molar-refractivity contribution in [2.45, 2.75) is 44.3 Å². The fourth-order valence-electron chi connectivity index (χ4n) is 2.52. The summed E-state index contributed by atoms with van der Waals surface area (Å²) in [7, 11) is 1.84. The number of aromatic nitrogens is 2. The molecular formula is C12H20FN3. The molecule has 1 aromatic rings. The number of aryl methyl sites for hydroxylation is 1. The van der Waals surface area contributed by atoms with E-state index in [9.17, 15) is 4.39 Å². The third-order valence-corrected chi connectivity index (χ3v) is 3.33. The predicted molar refractivity (Wildman–Crippen MR) is 61.9 cm³/mol. The Bertz CT molecular complexity index is 340. The molecule has 1 saturated heterocycles. The third-order valence-electron chi connectivity index (χ3n) is 3.33. The Labute approximate surface area is 96.1 Å². The lowest BCUT2D eigenvalue weighted by molar-refractivity contribution is 0.131. The molecule has 2 rings (SSSR count). The van der Waals surface area contributed by atoms with Crippen molar-refractivity contribution in [3.63, 3.8) is 0 Å². The molecule has 0 saturated carbocycles. The largest absolute Gasteiger partial charge is 0.335 e. The molecule has 2 heterocycles. The number of piperidine rings is 1. The molecule has 0 spiro atoms. The number of alkyl halides is 1. The van der Waals surface area contributed by atoms with Gasteiger partial charge in [-0.15, -0.1) is 0 Å². The molecule has 2 unspecified atom stereocenters. The smallest absolute Gasteiger partial charge is 0.167 e. The van der Waals surface area contributed by atoms with Crippen LogP contribution in [0, 0.1) is 0 Å². The summed E-state index contributed by atoms with van der Waals surface area (Å²) in [5.41, 5.74) is -1.34. The van der Waals surface area contributed by atoms with Crippen LogP contribution in [0.4, 0.5) is 4.39 Å². The summed E-state index contributed by atoms with van der Waals surface area (Å²) in [6.45, 7) is 2.65. The summed E-state index contributed by atoms with van der Waals surface area (Å²) in [6, 6.07) is 0.292. The minimum atomic E-state index is -1.34. The average molecular weight is 225 g/mol. The van der Waals surface area contributed by atoms with Crippen molar-refractivity contribution in [2.24, 2.45) is 7.05 Å². The Morgan fingerprint density at radius 2 is 2.44 bits per heavy atom. The van der Waals surface area contributed by atoms with Gasteiger partial charge in [-0.1, -0.05) is 6.42 Å². The SMILES string of the molecule is Cn1ccnc1C(C)(F)CC1CCCCN1. The van der Waals surface area contributed by atoms with E-state index >= 15 is 0 Å². The van der Waals surface area contributed by atoms with Crippen LogP contribution >= 0.6 is 0 Å². The predicted octanol–water partition coefficient (Wildman–Crippen LogP) is 2.14. The summed E-state index contributed by atoms with van der Waals surface area (Å²) < 4.78 is 16.3. The standard InChI is InChI=1S/C12H20FN3/c1-12(13,11-15-7-8-16(11)2)9-10-5-3-4-6-14-10/h7-8,10,14H,3-6,9H2,1-2H3. The van der Waals surface area contributed by atoms with Crippen LogP contribution in [-0.2, 0) is 12.7 Å². The van der Waals surface area contributed by atoms with Gasteiger partial charge in [-0.25, -0.2) is 9.37 Å². The molecule has 1 aliphatic rings. The second kappa shape index (κ2) is 4.53. The van der Waals surface area contributed by atoms with Crippen molar-refractivity contribution >= 4 is 0 Å². The number of hydrogen-bond acceptors (Lipinski definition) is 2. The van der Waals surface area contributed by atoms with Gasteiger partial charge in [-0.3, -0.25) is 0 Å². The Morgan fingerprint density at radius 1 is 1.62 bits per heavy atom. The molecule has 1 N–H and O–H groups in total. The molecule has 0 aliphatic carbocycles. The first-order valence-electron chi connectivity index (χ1n) is 6.00. The first kappa shape index (κ1) is 11.6. The van der Waals surface area contributed by atoms with Crippen molar-refractivity contribution in [1.82, 2.24) is 14.9 Å². The van der Waals surface area contributed by atoms with Gasteiger partial charge in [0.15, 0.2) is 5.67 Å². The molecule has 1 aliphatic heterocycles. The van der Waals surface area contributed by atoms with Gasteiger partial charge < -0.3 is 9.88 Å². The van der Waals surface area contributed by atoms with E-state index in [4.69, 9.17) is 0 Å². The molecule has 90 valence electrons. The summed E-state index contributed by atoms with van der Waals surface area (Å²) in [5, 5.41) is 3.38. The lowest BCUT2D eigenvalue weighted by atomic mass is 9.92. The van der Waals surface area contributed by atoms with Crippen molar-refractivity contribution < 1.29 is 4.39 Å². The molecule has 0 aromatic carbocycles. The molecule has 16 heavy (non-hydrogen) atoms. The average Bonchev–Trinajstić information content (AvgIpc) is 2.66. The maximum Gasteiger partial charge on any atom is 0.167 e. The molecule has 1 aromatic heterocycles. The van der Waals surface area contributed by atoms with E-state index in [-0.39, 0.29) is 0 Å². The fraction of sp³-hybridized carbons (Fsp3) is 0.750. The van der Waals surface area contributed by atoms with Crippen LogP contribution in [0.15, 0.2) is 12.4 Å². The number of halogens is 1. The van der Waals surface area contributed by atoms with E-state index < -0.39 is 5.67 Å². The van der Waals surface area contributed by atoms with Crippen LogP contribution in [-0.4, -0.2) is 22.1 Å². The highest BCUT2D eigenvalue weighted by atomic mass is 19.1. The molecule has 0 radical (unpaired) electrons. The number of nitrogens with zero attached hydrogens (tertiary/aromatic N) is 2. The van der Waals surface area contributed by atoms with Crippen LogP contribution in [0.5, 0.6) is 0 Å². The molecular weight excluding hydrogens is 205 g/mol. The van der Waals surface area contributed by atoms with Crippen molar-refractivity contribution in [2.75, 3.05) is 6.54 Å².